The normalized spacial score (nSPS) is 17.7. The number of benzene rings is 2. The molecular formula is C27H27NO4S. The molecule has 1 amide bonds. The first kappa shape index (κ1) is 22.8. The summed E-state index contributed by atoms with van der Waals surface area (Å²) in [5, 5.41) is 13.3. The van der Waals surface area contributed by atoms with Crippen molar-refractivity contribution in [3.63, 3.8) is 0 Å². The number of nitrogens with zero attached hydrogens (tertiary/aromatic N) is 1. The maximum atomic E-state index is 13.3. The molecule has 0 saturated carbocycles. The molecule has 6 heteroatoms. The van der Waals surface area contributed by atoms with Crippen molar-refractivity contribution in [3.05, 3.63) is 87.1 Å². The van der Waals surface area contributed by atoms with Crippen LogP contribution in [0.1, 0.15) is 54.3 Å². The number of para-hydroxylation sites is 1. The van der Waals surface area contributed by atoms with Gasteiger partial charge in [-0.1, -0.05) is 32.0 Å². The van der Waals surface area contributed by atoms with Crippen LogP contribution >= 0.6 is 11.3 Å². The van der Waals surface area contributed by atoms with Crippen LogP contribution in [0.15, 0.2) is 65.6 Å². The van der Waals surface area contributed by atoms with E-state index in [4.69, 9.17) is 4.74 Å². The fourth-order valence-electron chi connectivity index (χ4n) is 4.19. The van der Waals surface area contributed by atoms with Crippen LogP contribution in [0, 0.1) is 6.92 Å². The highest BCUT2D eigenvalue weighted by molar-refractivity contribution is 7.10. The lowest BCUT2D eigenvalue weighted by Gasteiger charge is -2.25. The maximum Gasteiger partial charge on any atom is 0.300 e. The molecular weight excluding hydrogens is 434 g/mol. The molecule has 1 atom stereocenters. The van der Waals surface area contributed by atoms with Gasteiger partial charge >= 0.3 is 0 Å². The molecule has 2 aromatic carbocycles. The summed E-state index contributed by atoms with van der Waals surface area (Å²) in [4.78, 5) is 28.8. The van der Waals surface area contributed by atoms with Crippen LogP contribution in [0.2, 0.25) is 0 Å². The fourth-order valence-corrected chi connectivity index (χ4v) is 5.21. The minimum Gasteiger partial charge on any atom is -0.507 e. The molecule has 1 aliphatic heterocycles. The van der Waals surface area contributed by atoms with Gasteiger partial charge in [0, 0.05) is 16.1 Å². The van der Waals surface area contributed by atoms with Gasteiger partial charge < -0.3 is 9.84 Å². The molecule has 1 saturated heterocycles. The highest BCUT2D eigenvalue weighted by Crippen LogP contribution is 2.45. The molecule has 33 heavy (non-hydrogen) atoms. The Balaban J connectivity index is 1.92. The van der Waals surface area contributed by atoms with Gasteiger partial charge in [0.25, 0.3) is 11.7 Å². The van der Waals surface area contributed by atoms with Crippen molar-refractivity contribution in [2.75, 3.05) is 11.5 Å². The van der Waals surface area contributed by atoms with Crippen molar-refractivity contribution in [3.8, 4) is 5.75 Å². The molecule has 2 heterocycles. The minimum absolute atomic E-state index is 0.105. The van der Waals surface area contributed by atoms with E-state index in [1.165, 1.54) is 16.2 Å². The van der Waals surface area contributed by atoms with Crippen LogP contribution in [0.25, 0.3) is 5.76 Å². The number of aryl methyl sites for hydroxylation is 1. The van der Waals surface area contributed by atoms with Gasteiger partial charge in [-0.2, -0.15) is 0 Å². The maximum absolute atomic E-state index is 13.3. The molecule has 1 aliphatic rings. The van der Waals surface area contributed by atoms with Crippen molar-refractivity contribution >= 4 is 34.5 Å². The molecule has 3 aromatic rings. The molecule has 1 aromatic heterocycles. The van der Waals surface area contributed by atoms with Gasteiger partial charge in [0.15, 0.2) is 0 Å². The Morgan fingerprint density at radius 1 is 1.12 bits per heavy atom. The molecule has 170 valence electrons. The smallest absolute Gasteiger partial charge is 0.300 e. The molecule has 5 nitrogen and oxygen atoms in total. The van der Waals surface area contributed by atoms with E-state index in [9.17, 15) is 14.7 Å². The summed E-state index contributed by atoms with van der Waals surface area (Å²) in [7, 11) is 0. The van der Waals surface area contributed by atoms with E-state index in [0.29, 0.717) is 17.9 Å². The highest BCUT2D eigenvalue weighted by Gasteiger charge is 2.47. The monoisotopic (exact) mass is 461 g/mol. The summed E-state index contributed by atoms with van der Waals surface area (Å²) in [5.41, 5.74) is 3.11. The second-order valence-corrected chi connectivity index (χ2v) is 9.26. The number of aliphatic hydroxyl groups is 1. The fraction of sp³-hybridized carbons (Fsp3) is 0.259. The number of thiophene rings is 1. The van der Waals surface area contributed by atoms with E-state index in [2.05, 4.69) is 0 Å². The Kier molecular flexibility index (Phi) is 6.38. The van der Waals surface area contributed by atoms with Crippen LogP contribution in [0.4, 0.5) is 5.69 Å². The first-order valence-corrected chi connectivity index (χ1v) is 11.9. The van der Waals surface area contributed by atoms with Crippen molar-refractivity contribution in [2.45, 2.75) is 39.7 Å². The predicted molar refractivity (Wildman–Crippen MR) is 132 cm³/mol. The topological polar surface area (TPSA) is 66.8 Å². The number of ether oxygens (including phenoxy) is 1. The number of anilines is 1. The van der Waals surface area contributed by atoms with Crippen LogP contribution in [-0.4, -0.2) is 23.4 Å². The van der Waals surface area contributed by atoms with E-state index in [1.54, 1.807) is 18.2 Å². The average Bonchev–Trinajstić information content (AvgIpc) is 3.34. The van der Waals surface area contributed by atoms with Gasteiger partial charge in [-0.15, -0.1) is 11.3 Å². The Morgan fingerprint density at radius 3 is 2.45 bits per heavy atom. The highest BCUT2D eigenvalue weighted by atomic mass is 32.1. The lowest BCUT2D eigenvalue weighted by atomic mass is 9.94. The summed E-state index contributed by atoms with van der Waals surface area (Å²) >= 11 is 1.47. The van der Waals surface area contributed by atoms with Gasteiger partial charge in [-0.3, -0.25) is 14.5 Å². The van der Waals surface area contributed by atoms with Gasteiger partial charge in [-0.25, -0.2) is 0 Å². The quantitative estimate of drug-likeness (QED) is 0.269. The van der Waals surface area contributed by atoms with Crippen LogP contribution in [0.5, 0.6) is 5.75 Å². The molecule has 4 rings (SSSR count). The largest absolute Gasteiger partial charge is 0.507 e. The zero-order valence-corrected chi connectivity index (χ0v) is 20.0. The second kappa shape index (κ2) is 9.24. The van der Waals surface area contributed by atoms with Crippen molar-refractivity contribution in [2.24, 2.45) is 0 Å². The second-order valence-electron chi connectivity index (χ2n) is 8.31. The molecule has 0 radical (unpaired) electrons. The number of rotatable bonds is 6. The van der Waals surface area contributed by atoms with Crippen LogP contribution in [0.3, 0.4) is 0 Å². The van der Waals surface area contributed by atoms with Gasteiger partial charge in [-0.05, 0) is 72.7 Å². The lowest BCUT2D eigenvalue weighted by Crippen LogP contribution is -2.29. The SMILES string of the molecule is CCOc1ccc(/C(O)=C2/C(=O)C(=O)N(c3ccccc3)C2c2sccc2C)cc1C(C)C. The third kappa shape index (κ3) is 4.07. The number of aliphatic hydroxyl groups excluding tert-OH is 1. The Labute approximate surface area is 197 Å². The summed E-state index contributed by atoms with van der Waals surface area (Å²) in [6, 6.07) is 15.8. The van der Waals surface area contributed by atoms with E-state index >= 15 is 0 Å². The molecule has 1 fully saturated rings. The van der Waals surface area contributed by atoms with Crippen molar-refractivity contribution in [1.29, 1.82) is 0 Å². The molecule has 0 bridgehead atoms. The third-order valence-corrected chi connectivity index (χ3v) is 6.91. The summed E-state index contributed by atoms with van der Waals surface area (Å²) in [5.74, 6) is -0.597. The number of hydrogen-bond acceptors (Lipinski definition) is 5. The predicted octanol–water partition coefficient (Wildman–Crippen LogP) is 6.20. The first-order valence-electron chi connectivity index (χ1n) is 11.0. The molecule has 1 N–H and O–H groups in total. The van der Waals surface area contributed by atoms with Crippen LogP contribution in [-0.2, 0) is 9.59 Å². The summed E-state index contributed by atoms with van der Waals surface area (Å²) < 4.78 is 5.74. The number of carbonyl (C=O) groups excluding carboxylic acids is 2. The Morgan fingerprint density at radius 2 is 1.85 bits per heavy atom. The number of ketones is 1. The molecule has 0 spiro atoms. The Bertz CT molecular complexity index is 1230. The average molecular weight is 462 g/mol. The zero-order chi connectivity index (χ0) is 23.7. The van der Waals surface area contributed by atoms with E-state index in [0.717, 1.165) is 21.8 Å². The van der Waals surface area contributed by atoms with Gasteiger partial charge in [0.05, 0.1) is 12.2 Å². The van der Waals surface area contributed by atoms with Crippen molar-refractivity contribution < 1.29 is 19.4 Å². The van der Waals surface area contributed by atoms with E-state index in [-0.39, 0.29) is 17.3 Å². The standard InChI is InChI=1S/C27H27NO4S/c1-5-32-21-12-11-18(15-20(21)16(2)3)24(29)22-23(26-17(4)13-14-33-26)28(27(31)25(22)30)19-9-7-6-8-10-19/h6-16,23,29H,5H2,1-4H3/b24-22-. The zero-order valence-electron chi connectivity index (χ0n) is 19.2. The minimum atomic E-state index is -0.693. The first-order chi connectivity index (χ1) is 15.8. The summed E-state index contributed by atoms with van der Waals surface area (Å²) in [6.45, 7) is 8.50. The number of amides is 1. The van der Waals surface area contributed by atoms with E-state index < -0.39 is 17.7 Å². The van der Waals surface area contributed by atoms with Crippen molar-refractivity contribution in [1.82, 2.24) is 0 Å². The Hall–Kier alpha value is -3.38. The molecule has 1 unspecified atom stereocenters. The third-order valence-electron chi connectivity index (χ3n) is 5.83. The van der Waals surface area contributed by atoms with Gasteiger partial charge in [0.1, 0.15) is 17.6 Å². The summed E-state index contributed by atoms with van der Waals surface area (Å²) in [6.07, 6.45) is 0. The molecule has 0 aliphatic carbocycles. The van der Waals surface area contributed by atoms with Crippen LogP contribution < -0.4 is 9.64 Å². The van der Waals surface area contributed by atoms with Gasteiger partial charge in [0.2, 0.25) is 0 Å². The number of Topliss-reactive ketones (excluding diaryl/α,β-unsaturated/α-hetero) is 1. The number of carbonyl (C=O) groups is 2. The van der Waals surface area contributed by atoms with E-state index in [1.807, 2.05) is 69.5 Å². The number of hydrogen-bond donors (Lipinski definition) is 1. The lowest BCUT2D eigenvalue weighted by molar-refractivity contribution is -0.132.